The molecule has 0 aliphatic carbocycles. The first kappa shape index (κ1) is 72.7. The van der Waals surface area contributed by atoms with Crippen molar-refractivity contribution in [2.45, 2.75) is 0 Å². The smallest absolute Gasteiger partial charge is 0.238 e. The second kappa shape index (κ2) is 37.0. The Labute approximate surface area is 882 Å². The van der Waals surface area contributed by atoms with Crippen LogP contribution in [0.5, 0.6) is 0 Å². The largest absolute Gasteiger partial charge is 0.309 e. The van der Waals surface area contributed by atoms with Gasteiger partial charge in [0.1, 0.15) is 0 Å². The lowest BCUT2D eigenvalue weighted by Crippen LogP contribution is -2.06. The predicted molar refractivity (Wildman–Crippen MR) is 614 cm³/mol. The molecule has 0 saturated heterocycles. The van der Waals surface area contributed by atoms with Gasteiger partial charge in [0.15, 0.2) is 34.9 Å². The number of hydrogen-bond acceptors (Lipinski definition) is 9. The van der Waals surface area contributed by atoms with Crippen LogP contribution in [0.1, 0.15) is 20.6 Å². The summed E-state index contributed by atoms with van der Waals surface area (Å²) in [4.78, 5) is 44.7. The molecule has 15 heteroatoms. The fourth-order valence-corrected chi connectivity index (χ4v) is 21.4. The molecule has 9 aromatic heterocycles. The van der Waals surface area contributed by atoms with Gasteiger partial charge in [0.05, 0.1) is 86.8 Å². The number of fused-ring (bicyclic) bond motifs is 21. The van der Waals surface area contributed by atoms with Crippen molar-refractivity contribution in [2.75, 3.05) is 0 Å². The van der Waals surface area contributed by atoms with Gasteiger partial charge in [0.2, 0.25) is 17.8 Å². The fourth-order valence-electron chi connectivity index (χ4n) is 21.4. The summed E-state index contributed by atoms with van der Waals surface area (Å²) in [5, 5.41) is 12.5. The number of nitrogens with zero attached hydrogens (tertiary/aromatic N) is 15. The molecule has 0 aliphatic rings. The molecular weight excluding hydrogens is 1830 g/mol. The van der Waals surface area contributed by atoms with Crippen LogP contribution >= 0.6 is 0 Å². The van der Waals surface area contributed by atoms with E-state index in [0.717, 1.165) is 181 Å². The number of aromatic nitrogens is 15. The molecule has 0 radical (unpaired) electrons. The maximum absolute atomic E-state index is 8.90. The van der Waals surface area contributed by atoms with Crippen molar-refractivity contribution in [3.05, 3.63) is 527 Å². The molecule has 0 amide bonds. The van der Waals surface area contributed by atoms with Crippen molar-refractivity contribution in [3.63, 3.8) is 0 Å². The summed E-state index contributed by atoms with van der Waals surface area (Å²) in [5.74, 6) is 1.63. The van der Waals surface area contributed by atoms with Crippen LogP contribution in [0.2, 0.25) is 0 Å². The van der Waals surface area contributed by atoms with E-state index >= 15 is 0 Å². The summed E-state index contributed by atoms with van der Waals surface area (Å²) < 4.78 is 142. The molecule has 702 valence electrons. The number of benzene rings is 21. The Morgan fingerprint density at radius 3 is 0.847 bits per heavy atom. The lowest BCUT2D eigenvalue weighted by atomic mass is 9.99. The number of para-hydroxylation sites is 8. The summed E-state index contributed by atoms with van der Waals surface area (Å²) in [6.45, 7) is 0. The van der Waals surface area contributed by atoms with Crippen LogP contribution in [-0.2, 0) is 0 Å². The Kier molecular flexibility index (Phi) is 17.9. The van der Waals surface area contributed by atoms with E-state index in [4.69, 9.17) is 65.4 Å². The molecule has 0 spiro atoms. The number of hydrogen-bond donors (Lipinski definition) is 0. The van der Waals surface area contributed by atoms with Gasteiger partial charge < -0.3 is 13.7 Å². The summed E-state index contributed by atoms with van der Waals surface area (Å²) in [7, 11) is 0. The van der Waals surface area contributed by atoms with Gasteiger partial charge in [-0.05, 0) is 130 Å². The molecule has 21 aromatic carbocycles. The van der Waals surface area contributed by atoms with E-state index in [0.29, 0.717) is 34.2 Å². The monoisotopic (exact) mass is 1930 g/mol. The molecule has 0 saturated carbocycles. The zero-order valence-corrected chi connectivity index (χ0v) is 79.8. The standard InChI is InChI=1S/3C45H29N5/c1-4-15-30(16-5-1)32-19-14-20-33(29-32)44-46-43(31-17-6-2-7-18-31)47-45(48-44)50-39-26-13-11-24-37(39)41-40(50)28-27-36-35-23-10-12-25-38(35)49(42(36)41)34-21-8-3-9-22-34;1-4-14-30(15-5-1)31-24-26-34(27-25-31)49-39-23-13-11-21-37(39)41-40(49)29-28-36-35-20-10-12-22-38(35)50(42(36)41)45-47-43(32-16-6-2-7-17-32)46-44(48-45)33-18-8-3-9-19-33;1-4-16-30(17-5-1)33-22-10-11-24-36(33)44-46-43(31-18-6-2-7-19-31)47-45(48-44)50-39-27-15-13-25-37(39)41-40(50)29-28-35-34-23-12-14-26-38(34)49(42(35)41)32-20-8-3-9-21-32/h3*1-29H/i2D,6D,7D,17D,18D;2D,6D,7D,16D,17D;2D,6D,7D,18D,19D. The molecule has 0 fully saturated rings. The van der Waals surface area contributed by atoms with Crippen LogP contribution in [0.15, 0.2) is 527 Å². The fraction of sp³-hybridized carbons (Fsp3) is 0. The first-order valence-electron chi connectivity index (χ1n) is 56.7. The lowest BCUT2D eigenvalue weighted by molar-refractivity contribution is 0.953. The molecule has 0 unspecified atom stereocenters. The van der Waals surface area contributed by atoms with Gasteiger partial charge >= 0.3 is 0 Å². The maximum atomic E-state index is 8.90. The maximum Gasteiger partial charge on any atom is 0.238 e. The van der Waals surface area contributed by atoms with Gasteiger partial charge in [0, 0.05) is 115 Å². The predicted octanol–water partition coefficient (Wildman–Crippen LogP) is 33.2. The Balaban J connectivity index is 0.000000116. The highest BCUT2D eigenvalue weighted by Crippen LogP contribution is 2.48. The first-order valence-corrected chi connectivity index (χ1v) is 49.2. The van der Waals surface area contributed by atoms with E-state index in [1.54, 1.807) is 0 Å². The average Bonchev–Trinajstić information content (AvgIpc) is 1.55. The quantitative estimate of drug-likeness (QED) is 0.0979. The van der Waals surface area contributed by atoms with E-state index in [1.807, 2.05) is 275 Å². The van der Waals surface area contributed by atoms with Gasteiger partial charge in [-0.25, -0.2) is 15.0 Å². The van der Waals surface area contributed by atoms with Gasteiger partial charge in [0.25, 0.3) is 0 Å². The summed E-state index contributed by atoms with van der Waals surface area (Å²) in [5.41, 5.74) is 22.3. The Bertz CT molecular complexity index is 11400. The van der Waals surface area contributed by atoms with Crippen LogP contribution in [0, 0.1) is 0 Å². The van der Waals surface area contributed by atoms with E-state index in [-0.39, 0.29) is 88.3 Å². The van der Waals surface area contributed by atoms with E-state index < -0.39 is 54.4 Å². The third-order valence-corrected chi connectivity index (χ3v) is 27.8. The van der Waals surface area contributed by atoms with E-state index in [1.165, 1.54) is 0 Å². The molecule has 0 N–H and O–H groups in total. The van der Waals surface area contributed by atoms with Crippen molar-refractivity contribution in [1.29, 1.82) is 0 Å². The lowest BCUT2D eigenvalue weighted by Gasteiger charge is -2.13. The Hall–Kier alpha value is -20.6. The molecule has 0 atom stereocenters. The normalized spacial score (nSPS) is 13.0. The zero-order valence-electron chi connectivity index (χ0n) is 94.8. The van der Waals surface area contributed by atoms with Crippen molar-refractivity contribution in [1.82, 2.24) is 72.3 Å². The topological polar surface area (TPSA) is 146 Å². The van der Waals surface area contributed by atoms with Gasteiger partial charge in [-0.15, -0.1) is 0 Å². The highest BCUT2D eigenvalue weighted by Gasteiger charge is 2.30. The van der Waals surface area contributed by atoms with Crippen molar-refractivity contribution in [3.8, 4) is 137 Å². The molecule has 30 rings (SSSR count). The summed E-state index contributed by atoms with van der Waals surface area (Å²) in [6.07, 6.45) is 0. The first-order chi connectivity index (χ1) is 80.7. The highest BCUT2D eigenvalue weighted by molar-refractivity contribution is 6.29. The molecule has 9 heterocycles. The second-order valence-electron chi connectivity index (χ2n) is 36.3. The SMILES string of the molecule is [2H]c1c([2H])c([2H])c(-c2nc(-c3cccc(-c4ccccc4)c3)nc(-n3c4ccccc4c4c3ccc3c5ccccc5n(-c5ccccc5)c34)n2)c([2H])c1[2H].[2H]c1c([2H])c([2H])c(-c2nc(-c3ccccc3)nc(-n3c4ccccc4c4ccc5c(c6ccccc6n5-c5ccc(-c6ccccc6)cc5)c43)n2)c([2H])c1[2H].[2H]c1c([2H])c([2H])c(-c2nc(-c3ccccc3-c3ccccc3)nc(-n3c4ccccc4c4c3ccc3c5ccccc5n(-c5ccccc5)c34)n2)c([2H])c1[2H]. The van der Waals surface area contributed by atoms with Crippen LogP contribution in [-0.4, -0.2) is 72.3 Å². The third-order valence-electron chi connectivity index (χ3n) is 27.8. The molecule has 0 aliphatic heterocycles. The molecular formula is C135H87N15. The molecule has 15 nitrogen and oxygen atoms in total. The zero-order chi connectivity index (χ0) is 112. The second-order valence-corrected chi connectivity index (χ2v) is 36.3. The van der Waals surface area contributed by atoms with E-state index in [9.17, 15) is 0 Å². The Morgan fingerprint density at radius 2 is 0.420 bits per heavy atom. The van der Waals surface area contributed by atoms with Crippen molar-refractivity contribution in [2.24, 2.45) is 0 Å². The van der Waals surface area contributed by atoms with Crippen LogP contribution in [0.3, 0.4) is 0 Å². The third kappa shape index (κ3) is 15.1. The molecule has 150 heavy (non-hydrogen) atoms. The average molecular weight is 1930 g/mol. The van der Waals surface area contributed by atoms with E-state index in [2.05, 4.69) is 190 Å². The minimum atomic E-state index is -0.483. The molecule has 30 aromatic rings. The van der Waals surface area contributed by atoms with Gasteiger partial charge in [-0.2, -0.15) is 29.9 Å². The van der Waals surface area contributed by atoms with Crippen LogP contribution in [0.4, 0.5) is 0 Å². The van der Waals surface area contributed by atoms with Crippen molar-refractivity contribution < 1.29 is 20.6 Å². The van der Waals surface area contributed by atoms with Crippen molar-refractivity contribution >= 4 is 131 Å². The Morgan fingerprint density at radius 1 is 0.147 bits per heavy atom. The molecule has 0 bridgehead atoms. The van der Waals surface area contributed by atoms with Gasteiger partial charge in [-0.3, -0.25) is 13.7 Å². The number of rotatable bonds is 15. The van der Waals surface area contributed by atoms with Gasteiger partial charge in [-0.1, -0.05) is 430 Å². The summed E-state index contributed by atoms with van der Waals surface area (Å²) >= 11 is 0. The van der Waals surface area contributed by atoms with Crippen LogP contribution < -0.4 is 0 Å². The minimum Gasteiger partial charge on any atom is -0.309 e. The highest BCUT2D eigenvalue weighted by atomic mass is 15.2. The van der Waals surface area contributed by atoms with Crippen LogP contribution in [0.25, 0.3) is 267 Å². The summed E-state index contributed by atoms with van der Waals surface area (Å²) in [6, 6.07) is 140. The minimum absolute atomic E-state index is 0.0140.